The highest BCUT2D eigenvalue weighted by Gasteiger charge is 2.34. The van der Waals surface area contributed by atoms with Gasteiger partial charge in [0.2, 0.25) is 0 Å². The van der Waals surface area contributed by atoms with E-state index < -0.39 is 10.0 Å². The first kappa shape index (κ1) is 19.6. The Morgan fingerprint density at radius 1 is 1.10 bits per heavy atom. The summed E-state index contributed by atoms with van der Waals surface area (Å²) in [5.41, 5.74) is 3.65. The van der Waals surface area contributed by atoms with E-state index in [1.165, 1.54) is 16.8 Å². The van der Waals surface area contributed by atoms with Crippen LogP contribution in [0.4, 0.5) is 0 Å². The minimum Gasteiger partial charge on any atom is -0.339 e. The van der Waals surface area contributed by atoms with E-state index in [1.807, 2.05) is 46.6 Å². The van der Waals surface area contributed by atoms with Crippen LogP contribution in [0.3, 0.4) is 0 Å². The van der Waals surface area contributed by atoms with Crippen molar-refractivity contribution in [2.45, 2.75) is 24.5 Å². The van der Waals surface area contributed by atoms with Crippen LogP contribution in [0.2, 0.25) is 0 Å². The maximum Gasteiger partial charge on any atom is 0.262 e. The topological polar surface area (TPSA) is 104 Å². The van der Waals surface area contributed by atoms with Crippen molar-refractivity contribution < 1.29 is 8.42 Å². The molecule has 4 heterocycles. The summed E-state index contributed by atoms with van der Waals surface area (Å²) >= 11 is 0. The van der Waals surface area contributed by atoms with Gasteiger partial charge in [0, 0.05) is 51.1 Å². The minimum absolute atomic E-state index is 0.0520. The highest BCUT2D eigenvalue weighted by atomic mass is 32.2. The molecule has 0 unspecified atom stereocenters. The van der Waals surface area contributed by atoms with Crippen molar-refractivity contribution in [3.8, 4) is 11.5 Å². The summed E-state index contributed by atoms with van der Waals surface area (Å²) in [5.74, 6) is 0.623. The number of aryl methyl sites for hydroxylation is 2. The number of nitrogens with zero attached hydrogens (tertiary/aromatic N) is 8. The molecule has 1 aliphatic rings. The third kappa shape index (κ3) is 3.45. The lowest BCUT2D eigenvalue weighted by atomic mass is 10.1. The molecule has 10 nitrogen and oxygen atoms in total. The van der Waals surface area contributed by atoms with Crippen LogP contribution in [0.25, 0.3) is 11.5 Å². The van der Waals surface area contributed by atoms with Gasteiger partial charge in [0.1, 0.15) is 12.0 Å². The molecule has 0 saturated carbocycles. The molecule has 0 amide bonds. The number of imidazole rings is 1. The van der Waals surface area contributed by atoms with Gasteiger partial charge in [-0.15, -0.1) is 10.2 Å². The quantitative estimate of drug-likeness (QED) is 0.464. The van der Waals surface area contributed by atoms with Crippen molar-refractivity contribution in [1.82, 2.24) is 38.4 Å². The minimum atomic E-state index is -3.70. The average Bonchev–Trinajstić information content (AvgIpc) is 3.48. The maximum absolute atomic E-state index is 13.1. The zero-order valence-corrected chi connectivity index (χ0v) is 18.1. The zero-order valence-electron chi connectivity index (χ0n) is 17.2. The third-order valence-corrected chi connectivity index (χ3v) is 7.25. The summed E-state index contributed by atoms with van der Waals surface area (Å²) in [5, 5.41) is 13.1. The Morgan fingerprint density at radius 3 is 2.65 bits per heavy atom. The molecule has 31 heavy (non-hydrogen) atoms. The molecule has 0 saturated heterocycles. The Bertz CT molecular complexity index is 1340. The molecule has 0 radical (unpaired) electrons. The number of fused-ring (bicyclic) bond motifs is 1. The van der Waals surface area contributed by atoms with Crippen molar-refractivity contribution in [2.75, 3.05) is 6.54 Å². The molecule has 1 aromatic carbocycles. The average molecular weight is 439 g/mol. The molecule has 0 bridgehead atoms. The Kier molecular flexibility index (Phi) is 4.71. The Balaban J connectivity index is 1.51. The molecule has 0 fully saturated rings. The van der Waals surface area contributed by atoms with Gasteiger partial charge in [0.25, 0.3) is 10.0 Å². The van der Waals surface area contributed by atoms with E-state index in [-0.39, 0.29) is 11.6 Å². The standard InChI is InChI=1S/C20H22N8O2S/c1-25-12-18(21-13-25)31(29,30)28-9-8-17-16(11-28)19(24-26(17)2)20-23-22-14-27(20)10-15-6-4-3-5-7-15/h3-7,12-14H,8-11H2,1-2H3. The van der Waals surface area contributed by atoms with E-state index in [2.05, 4.69) is 20.3 Å². The monoisotopic (exact) mass is 438 g/mol. The highest BCUT2D eigenvalue weighted by Crippen LogP contribution is 2.31. The fraction of sp³-hybridized carbons (Fsp3) is 0.300. The largest absolute Gasteiger partial charge is 0.339 e. The van der Waals surface area contributed by atoms with Crippen LogP contribution in [0.15, 0.2) is 54.2 Å². The molecule has 1 aliphatic heterocycles. The number of hydrogen-bond donors (Lipinski definition) is 0. The van der Waals surface area contributed by atoms with Crippen molar-refractivity contribution in [1.29, 1.82) is 0 Å². The lowest BCUT2D eigenvalue weighted by Crippen LogP contribution is -2.36. The van der Waals surface area contributed by atoms with E-state index in [9.17, 15) is 8.42 Å². The highest BCUT2D eigenvalue weighted by molar-refractivity contribution is 7.89. The summed E-state index contributed by atoms with van der Waals surface area (Å²) in [7, 11) is -0.0701. The number of hydrogen-bond acceptors (Lipinski definition) is 6. The van der Waals surface area contributed by atoms with Crippen molar-refractivity contribution in [3.05, 3.63) is 66.0 Å². The molecular formula is C20H22N8O2S. The summed E-state index contributed by atoms with van der Waals surface area (Å²) in [4.78, 5) is 4.04. The van der Waals surface area contributed by atoms with Crippen LogP contribution in [0, 0.1) is 0 Å². The number of aromatic nitrogens is 7. The SMILES string of the molecule is Cn1cnc(S(=O)(=O)N2CCc3c(c(-c4nncn4Cc4ccccc4)nn3C)C2)c1. The lowest BCUT2D eigenvalue weighted by Gasteiger charge is -2.26. The fourth-order valence-corrected chi connectivity index (χ4v) is 5.32. The molecule has 0 atom stereocenters. The summed E-state index contributed by atoms with van der Waals surface area (Å²) in [6.45, 7) is 1.20. The Morgan fingerprint density at radius 2 is 1.90 bits per heavy atom. The molecule has 3 aromatic heterocycles. The van der Waals surface area contributed by atoms with Crippen LogP contribution < -0.4 is 0 Å². The van der Waals surface area contributed by atoms with Crippen LogP contribution in [0.1, 0.15) is 16.8 Å². The molecular weight excluding hydrogens is 416 g/mol. The van der Waals surface area contributed by atoms with Gasteiger partial charge in [-0.3, -0.25) is 4.68 Å². The number of benzene rings is 1. The van der Waals surface area contributed by atoms with E-state index in [1.54, 1.807) is 17.9 Å². The van der Waals surface area contributed by atoms with Gasteiger partial charge < -0.3 is 9.13 Å². The van der Waals surface area contributed by atoms with Gasteiger partial charge in [-0.1, -0.05) is 30.3 Å². The summed E-state index contributed by atoms with van der Waals surface area (Å²) < 4.78 is 33.1. The van der Waals surface area contributed by atoms with Crippen LogP contribution >= 0.6 is 0 Å². The molecule has 0 spiro atoms. The number of rotatable bonds is 5. The summed E-state index contributed by atoms with van der Waals surface area (Å²) in [6, 6.07) is 10.0. The summed E-state index contributed by atoms with van der Waals surface area (Å²) in [6.07, 6.45) is 5.25. The second-order valence-electron chi connectivity index (χ2n) is 7.63. The normalized spacial score (nSPS) is 14.6. The predicted molar refractivity (Wildman–Crippen MR) is 112 cm³/mol. The van der Waals surface area contributed by atoms with Crippen LogP contribution in [-0.4, -0.2) is 53.4 Å². The molecule has 11 heteroatoms. The van der Waals surface area contributed by atoms with Crippen molar-refractivity contribution in [3.63, 3.8) is 0 Å². The van der Waals surface area contributed by atoms with Gasteiger partial charge in [-0.2, -0.15) is 9.40 Å². The number of sulfonamides is 1. The smallest absolute Gasteiger partial charge is 0.262 e. The predicted octanol–water partition coefficient (Wildman–Crippen LogP) is 1.21. The van der Waals surface area contributed by atoms with E-state index in [0.29, 0.717) is 31.0 Å². The van der Waals surface area contributed by atoms with Gasteiger partial charge in [-0.05, 0) is 5.56 Å². The Labute approximate surface area is 179 Å². The van der Waals surface area contributed by atoms with Gasteiger partial charge in [0.15, 0.2) is 10.9 Å². The third-order valence-electron chi connectivity index (χ3n) is 5.52. The molecule has 0 N–H and O–H groups in total. The first-order valence-electron chi connectivity index (χ1n) is 9.88. The second kappa shape index (κ2) is 7.43. The lowest BCUT2D eigenvalue weighted by molar-refractivity contribution is 0.384. The van der Waals surface area contributed by atoms with Crippen molar-refractivity contribution >= 4 is 10.0 Å². The molecule has 5 rings (SSSR count). The van der Waals surface area contributed by atoms with Crippen LogP contribution in [-0.2, 0) is 43.6 Å². The fourth-order valence-electron chi connectivity index (χ4n) is 3.94. The zero-order chi connectivity index (χ0) is 21.6. The van der Waals surface area contributed by atoms with Crippen molar-refractivity contribution in [2.24, 2.45) is 14.1 Å². The van der Waals surface area contributed by atoms with Gasteiger partial charge in [0.05, 0.1) is 12.9 Å². The Hall–Kier alpha value is -3.31. The maximum atomic E-state index is 13.1. The first-order valence-corrected chi connectivity index (χ1v) is 11.3. The second-order valence-corrected chi connectivity index (χ2v) is 9.52. The molecule has 4 aromatic rings. The van der Waals surface area contributed by atoms with E-state index in [0.717, 1.165) is 16.8 Å². The van der Waals surface area contributed by atoms with Gasteiger partial charge >= 0.3 is 0 Å². The van der Waals surface area contributed by atoms with E-state index in [4.69, 9.17) is 0 Å². The van der Waals surface area contributed by atoms with Crippen LogP contribution in [0.5, 0.6) is 0 Å². The van der Waals surface area contributed by atoms with E-state index >= 15 is 0 Å². The molecule has 0 aliphatic carbocycles. The molecule has 160 valence electrons. The first-order chi connectivity index (χ1) is 14.9. The van der Waals surface area contributed by atoms with Gasteiger partial charge in [-0.25, -0.2) is 13.4 Å².